The summed E-state index contributed by atoms with van der Waals surface area (Å²) in [5, 5.41) is 0. The maximum atomic E-state index is 5.78. The molecule has 2 aromatic rings. The lowest BCUT2D eigenvalue weighted by Gasteiger charge is -2.19. The number of benzene rings is 2. The molecule has 0 spiro atoms. The molecule has 0 saturated carbocycles. The second kappa shape index (κ2) is 6.50. The number of hydrogen-bond donors (Lipinski definition) is 0. The lowest BCUT2D eigenvalue weighted by molar-refractivity contribution is 0.460. The normalized spacial score (nSPS) is 10.4. The molecule has 0 unspecified atom stereocenters. The fourth-order valence-electron chi connectivity index (χ4n) is 1.82. The van der Waals surface area contributed by atoms with Crippen LogP contribution in [-0.4, -0.2) is 5.48 Å². The fourth-order valence-corrected chi connectivity index (χ4v) is 1.82. The van der Waals surface area contributed by atoms with Gasteiger partial charge in [0.2, 0.25) is 0 Å². The number of hydrogen-bond acceptors (Lipinski definition) is 1. The van der Waals surface area contributed by atoms with Crippen molar-refractivity contribution in [2.24, 2.45) is 0 Å². The van der Waals surface area contributed by atoms with Gasteiger partial charge < -0.3 is 10.2 Å². The first kappa shape index (κ1) is 15.8. The molecule has 2 aromatic carbocycles. The molecule has 92 valence electrons. The van der Waals surface area contributed by atoms with Gasteiger partial charge >= 0.3 is 0 Å². The second-order valence-corrected chi connectivity index (χ2v) is 3.49. The quantitative estimate of drug-likeness (QED) is 0.618. The molecule has 0 radical (unpaired) electrons. The maximum absolute atomic E-state index is 5.78. The van der Waals surface area contributed by atoms with Crippen molar-refractivity contribution in [3.05, 3.63) is 59.7 Å². The molecule has 0 saturated heterocycles. The van der Waals surface area contributed by atoms with E-state index in [1.54, 1.807) is 0 Å². The summed E-state index contributed by atoms with van der Waals surface area (Å²) in [6, 6.07) is 16.4. The molecule has 3 rings (SSSR count). The van der Waals surface area contributed by atoms with Gasteiger partial charge in [0.1, 0.15) is 11.5 Å². The van der Waals surface area contributed by atoms with Crippen LogP contribution >= 0.6 is 24.8 Å². The highest BCUT2D eigenvalue weighted by Crippen LogP contribution is 2.35. The first-order valence-corrected chi connectivity index (χ1v) is 4.77. The molecule has 1 aliphatic rings. The summed E-state index contributed by atoms with van der Waals surface area (Å²) in [6.45, 7) is 0. The van der Waals surface area contributed by atoms with Crippen LogP contribution in [-0.2, 0) is 6.42 Å². The van der Waals surface area contributed by atoms with Gasteiger partial charge in [0.15, 0.2) is 0 Å². The fraction of sp³-hybridized carbons (Fsp3) is 0.0769. The van der Waals surface area contributed by atoms with Crippen LogP contribution in [0.25, 0.3) is 0 Å². The SMILES string of the molecule is Cl.Cl.O.c1ccc2c(c1)Cc1ccccc1O2. The summed E-state index contributed by atoms with van der Waals surface area (Å²) in [5.74, 6) is 1.98. The van der Waals surface area contributed by atoms with Crippen molar-refractivity contribution in [2.75, 3.05) is 0 Å². The summed E-state index contributed by atoms with van der Waals surface area (Å²) in [4.78, 5) is 0. The van der Waals surface area contributed by atoms with E-state index in [2.05, 4.69) is 24.3 Å². The van der Waals surface area contributed by atoms with Gasteiger partial charge in [-0.05, 0) is 23.3 Å². The summed E-state index contributed by atoms with van der Waals surface area (Å²) >= 11 is 0. The van der Waals surface area contributed by atoms with Crippen LogP contribution in [0.1, 0.15) is 11.1 Å². The van der Waals surface area contributed by atoms with Crippen LogP contribution in [0.15, 0.2) is 48.5 Å². The smallest absolute Gasteiger partial charge is 0.130 e. The largest absolute Gasteiger partial charge is 0.457 e. The first-order valence-electron chi connectivity index (χ1n) is 4.77. The van der Waals surface area contributed by atoms with Crippen molar-refractivity contribution in [1.29, 1.82) is 0 Å². The zero-order chi connectivity index (χ0) is 9.38. The zero-order valence-electron chi connectivity index (χ0n) is 9.05. The van der Waals surface area contributed by atoms with Gasteiger partial charge in [-0.2, -0.15) is 0 Å². The molecule has 0 amide bonds. The second-order valence-electron chi connectivity index (χ2n) is 3.49. The highest BCUT2D eigenvalue weighted by Gasteiger charge is 2.14. The van der Waals surface area contributed by atoms with Gasteiger partial charge in [-0.15, -0.1) is 24.8 Å². The topological polar surface area (TPSA) is 40.7 Å². The van der Waals surface area contributed by atoms with E-state index in [4.69, 9.17) is 4.74 Å². The standard InChI is InChI=1S/C13H10O.2ClH.H2O/c1-3-7-12-10(5-1)9-11-6-2-4-8-13(11)14-12;;;/h1-8H,9H2;2*1H;1H2. The molecular formula is C13H14Cl2O2. The van der Waals surface area contributed by atoms with E-state index < -0.39 is 0 Å². The van der Waals surface area contributed by atoms with Crippen LogP contribution in [0.5, 0.6) is 11.5 Å². The van der Waals surface area contributed by atoms with Crippen molar-refractivity contribution in [2.45, 2.75) is 6.42 Å². The summed E-state index contributed by atoms with van der Waals surface area (Å²) in [7, 11) is 0. The molecule has 4 heteroatoms. The number of ether oxygens (including phenoxy) is 1. The van der Waals surface area contributed by atoms with Crippen molar-refractivity contribution in [3.63, 3.8) is 0 Å². The van der Waals surface area contributed by atoms with Crippen LogP contribution < -0.4 is 4.74 Å². The Morgan fingerprint density at radius 2 is 1.12 bits per heavy atom. The number of fused-ring (bicyclic) bond motifs is 2. The number of rotatable bonds is 0. The highest BCUT2D eigenvalue weighted by molar-refractivity contribution is 5.85. The third-order valence-corrected chi connectivity index (χ3v) is 2.55. The molecule has 0 fully saturated rings. The maximum Gasteiger partial charge on any atom is 0.130 e. The van der Waals surface area contributed by atoms with Gasteiger partial charge in [0.25, 0.3) is 0 Å². The van der Waals surface area contributed by atoms with E-state index in [1.165, 1.54) is 11.1 Å². The molecule has 1 heterocycles. The minimum absolute atomic E-state index is 0. The molecule has 2 nitrogen and oxygen atoms in total. The monoisotopic (exact) mass is 272 g/mol. The molecule has 0 bridgehead atoms. The predicted molar refractivity (Wildman–Crippen MR) is 73.9 cm³/mol. The van der Waals surface area contributed by atoms with Crippen LogP contribution in [0.2, 0.25) is 0 Å². The Labute approximate surface area is 113 Å². The Bertz CT molecular complexity index is 399. The van der Waals surface area contributed by atoms with E-state index in [0.29, 0.717) is 0 Å². The first-order chi connectivity index (χ1) is 6.93. The average molecular weight is 273 g/mol. The van der Waals surface area contributed by atoms with Gasteiger partial charge in [0, 0.05) is 6.42 Å². The van der Waals surface area contributed by atoms with Crippen LogP contribution in [0, 0.1) is 0 Å². The Balaban J connectivity index is 0.000000853. The highest BCUT2D eigenvalue weighted by atomic mass is 35.5. The molecule has 0 atom stereocenters. The third kappa shape index (κ3) is 2.91. The van der Waals surface area contributed by atoms with E-state index in [0.717, 1.165) is 17.9 Å². The predicted octanol–water partition coefficient (Wildman–Crippen LogP) is 3.40. The summed E-state index contributed by atoms with van der Waals surface area (Å²) in [5.41, 5.74) is 2.54. The lowest BCUT2D eigenvalue weighted by Crippen LogP contribution is -2.01. The van der Waals surface area contributed by atoms with Gasteiger partial charge in [-0.1, -0.05) is 36.4 Å². The molecule has 1 aliphatic heterocycles. The van der Waals surface area contributed by atoms with Gasteiger partial charge in [0.05, 0.1) is 0 Å². The van der Waals surface area contributed by atoms with E-state index in [9.17, 15) is 0 Å². The molecular weight excluding hydrogens is 259 g/mol. The number of para-hydroxylation sites is 2. The minimum Gasteiger partial charge on any atom is -0.457 e. The van der Waals surface area contributed by atoms with E-state index >= 15 is 0 Å². The minimum atomic E-state index is 0. The van der Waals surface area contributed by atoms with Crippen molar-refractivity contribution < 1.29 is 10.2 Å². The molecule has 17 heavy (non-hydrogen) atoms. The molecule has 0 aromatic heterocycles. The van der Waals surface area contributed by atoms with Crippen molar-refractivity contribution >= 4 is 24.8 Å². The summed E-state index contributed by atoms with van der Waals surface area (Å²) in [6.07, 6.45) is 0.979. The average Bonchev–Trinajstić information content (AvgIpc) is 2.26. The Hall–Kier alpha value is -1.22. The van der Waals surface area contributed by atoms with Crippen LogP contribution in [0.3, 0.4) is 0 Å². The van der Waals surface area contributed by atoms with Gasteiger partial charge in [-0.25, -0.2) is 0 Å². The van der Waals surface area contributed by atoms with Crippen molar-refractivity contribution in [3.8, 4) is 11.5 Å². The Morgan fingerprint density at radius 1 is 0.706 bits per heavy atom. The van der Waals surface area contributed by atoms with Gasteiger partial charge in [-0.3, -0.25) is 0 Å². The third-order valence-electron chi connectivity index (χ3n) is 2.55. The molecule has 0 aliphatic carbocycles. The van der Waals surface area contributed by atoms with E-state index in [1.807, 2.05) is 24.3 Å². The van der Waals surface area contributed by atoms with E-state index in [-0.39, 0.29) is 30.3 Å². The molecule has 2 N–H and O–H groups in total. The number of halogens is 2. The van der Waals surface area contributed by atoms with Crippen molar-refractivity contribution in [1.82, 2.24) is 0 Å². The lowest BCUT2D eigenvalue weighted by atomic mass is 10.0. The zero-order valence-corrected chi connectivity index (χ0v) is 10.7. The van der Waals surface area contributed by atoms with Crippen LogP contribution in [0.4, 0.5) is 0 Å². The summed E-state index contributed by atoms with van der Waals surface area (Å²) < 4.78 is 5.78. The Kier molecular flexibility index (Phi) is 6.03. The Morgan fingerprint density at radius 3 is 1.59 bits per heavy atom.